The quantitative estimate of drug-likeness (QED) is 0.436. The molecule has 0 aliphatic rings. The highest BCUT2D eigenvalue weighted by molar-refractivity contribution is 5.65. The van der Waals surface area contributed by atoms with E-state index in [1.165, 1.54) is 6.92 Å². The molecule has 0 aromatic heterocycles. The second kappa shape index (κ2) is 3.53. The molecule has 0 atom stereocenters. The first-order chi connectivity index (χ1) is 4.42. The van der Waals surface area contributed by atoms with Gasteiger partial charge in [-0.15, -0.1) is 0 Å². The van der Waals surface area contributed by atoms with Gasteiger partial charge in [-0.1, -0.05) is 0 Å². The predicted molar refractivity (Wildman–Crippen MR) is 33.7 cm³/mol. The van der Waals surface area contributed by atoms with Crippen LogP contribution in [0.3, 0.4) is 0 Å². The van der Waals surface area contributed by atoms with Crippen molar-refractivity contribution in [3.8, 4) is 0 Å². The summed E-state index contributed by atoms with van der Waals surface area (Å²) in [5.41, 5.74) is -0.463. The number of hydrogen-bond acceptors (Lipinski definition) is 4. The normalized spacial score (nSPS) is 11.2. The van der Waals surface area contributed by atoms with Crippen LogP contribution in [-0.4, -0.2) is 11.6 Å². The Bertz CT molecular complexity index is 113. The Labute approximate surface area is 59.9 Å². The summed E-state index contributed by atoms with van der Waals surface area (Å²) >= 11 is 0. The van der Waals surface area contributed by atoms with Gasteiger partial charge in [0.15, 0.2) is 0 Å². The zero-order chi connectivity index (χ0) is 8.20. The summed E-state index contributed by atoms with van der Waals surface area (Å²) in [6.07, 6.45) is 0. The van der Waals surface area contributed by atoms with Gasteiger partial charge in [0.1, 0.15) is 0 Å². The smallest absolute Gasteiger partial charge is 0.269 e. The van der Waals surface area contributed by atoms with Crippen molar-refractivity contribution in [1.82, 2.24) is 0 Å². The molecule has 0 aromatic rings. The summed E-state index contributed by atoms with van der Waals surface area (Å²) in [5.74, 6) is -0.538. The van der Waals surface area contributed by atoms with Crippen molar-refractivity contribution < 1.29 is 19.6 Å². The van der Waals surface area contributed by atoms with E-state index in [2.05, 4.69) is 14.8 Å². The third kappa shape index (κ3) is 7.39. The third-order valence-electron chi connectivity index (χ3n) is 0.435. The Morgan fingerprint density at radius 1 is 1.30 bits per heavy atom. The lowest BCUT2D eigenvalue weighted by Crippen LogP contribution is -2.20. The van der Waals surface area contributed by atoms with Crippen LogP contribution in [0.2, 0.25) is 0 Å². The lowest BCUT2D eigenvalue weighted by Gasteiger charge is -2.14. The van der Waals surface area contributed by atoms with Gasteiger partial charge >= 0.3 is 5.97 Å². The summed E-state index contributed by atoms with van der Waals surface area (Å²) in [4.78, 5) is 18.8. The molecule has 4 nitrogen and oxygen atoms in total. The van der Waals surface area contributed by atoms with E-state index in [-0.39, 0.29) is 0 Å². The van der Waals surface area contributed by atoms with Gasteiger partial charge in [0.2, 0.25) is 0 Å². The molecule has 0 rings (SSSR count). The van der Waals surface area contributed by atoms with Crippen LogP contribution in [-0.2, 0) is 19.6 Å². The Morgan fingerprint density at radius 2 is 1.80 bits per heavy atom. The molecule has 4 heteroatoms. The number of rotatable bonds is 2. The monoisotopic (exact) mass is 148 g/mol. The predicted octanol–water partition coefficient (Wildman–Crippen LogP) is 1.21. The third-order valence-corrected chi connectivity index (χ3v) is 0.435. The van der Waals surface area contributed by atoms with Gasteiger partial charge in [0.05, 0.1) is 5.60 Å². The Hall–Kier alpha value is -0.610. The molecule has 0 aromatic carbocycles. The molecule has 0 saturated carbocycles. The van der Waals surface area contributed by atoms with E-state index in [0.717, 1.165) is 0 Å². The zero-order valence-corrected chi connectivity index (χ0v) is 6.63. The van der Waals surface area contributed by atoms with E-state index in [0.29, 0.717) is 0 Å². The molecule has 0 spiro atoms. The molecule has 0 saturated heterocycles. The summed E-state index contributed by atoms with van der Waals surface area (Å²) in [6.45, 7) is 6.55. The highest BCUT2D eigenvalue weighted by Gasteiger charge is 2.12. The van der Waals surface area contributed by atoms with E-state index >= 15 is 0 Å². The first-order valence-corrected chi connectivity index (χ1v) is 2.95. The maximum absolute atomic E-state index is 10.1. The van der Waals surface area contributed by atoms with Crippen LogP contribution in [0.5, 0.6) is 0 Å². The van der Waals surface area contributed by atoms with Crippen molar-refractivity contribution in [2.45, 2.75) is 33.3 Å². The van der Waals surface area contributed by atoms with Crippen LogP contribution in [0, 0.1) is 0 Å². The second-order valence-electron chi connectivity index (χ2n) is 2.84. The Balaban J connectivity index is 3.29. The van der Waals surface area contributed by atoms with Crippen molar-refractivity contribution in [2.75, 3.05) is 0 Å². The highest BCUT2D eigenvalue weighted by Crippen LogP contribution is 2.06. The fraction of sp³-hybridized carbons (Fsp3) is 0.833. The molecule has 0 radical (unpaired) electrons. The largest absolute Gasteiger partial charge is 0.342 e. The standard InChI is InChI=1S/C6H12O4/c1-5(7)8-10-9-6(2,3)4/h1-4H3. The van der Waals surface area contributed by atoms with Crippen molar-refractivity contribution in [2.24, 2.45) is 0 Å². The maximum Gasteiger partial charge on any atom is 0.342 e. The molecule has 0 heterocycles. The van der Waals surface area contributed by atoms with Crippen LogP contribution >= 0.6 is 0 Å². The fourth-order valence-electron chi connectivity index (χ4n) is 0.167. The molecule has 0 aliphatic heterocycles. The molecule has 0 amide bonds. The van der Waals surface area contributed by atoms with Crippen LogP contribution in [0.4, 0.5) is 0 Å². The minimum Gasteiger partial charge on any atom is -0.269 e. The number of carbonyl (C=O) groups excluding carboxylic acids is 1. The zero-order valence-electron chi connectivity index (χ0n) is 6.63. The molecular formula is C6H12O4. The number of carbonyl (C=O) groups is 1. The average Bonchev–Trinajstić information content (AvgIpc) is 1.59. The molecule has 0 aliphatic carbocycles. The molecule has 60 valence electrons. The molecular weight excluding hydrogens is 136 g/mol. The van der Waals surface area contributed by atoms with Gasteiger partial charge in [0, 0.05) is 6.92 Å². The maximum atomic E-state index is 10.1. The molecule has 10 heavy (non-hydrogen) atoms. The SMILES string of the molecule is CC(=O)OOOC(C)(C)C. The van der Waals surface area contributed by atoms with Gasteiger partial charge in [0.25, 0.3) is 0 Å². The van der Waals surface area contributed by atoms with Crippen LogP contribution in [0.25, 0.3) is 0 Å². The fourth-order valence-corrected chi connectivity index (χ4v) is 0.167. The highest BCUT2D eigenvalue weighted by atomic mass is 17.5. The minimum absolute atomic E-state index is 0.463. The van der Waals surface area contributed by atoms with Crippen molar-refractivity contribution in [1.29, 1.82) is 0 Å². The summed E-state index contributed by atoms with van der Waals surface area (Å²) < 4.78 is 0. The van der Waals surface area contributed by atoms with Gasteiger partial charge in [-0.3, -0.25) is 4.89 Å². The lowest BCUT2D eigenvalue weighted by atomic mass is 10.2. The number of hydrogen-bond donors (Lipinski definition) is 0. The van der Waals surface area contributed by atoms with Gasteiger partial charge < -0.3 is 0 Å². The van der Waals surface area contributed by atoms with Crippen molar-refractivity contribution >= 4 is 5.97 Å². The van der Waals surface area contributed by atoms with E-state index in [4.69, 9.17) is 0 Å². The Kier molecular flexibility index (Phi) is 3.32. The second-order valence-corrected chi connectivity index (χ2v) is 2.84. The van der Waals surface area contributed by atoms with E-state index in [9.17, 15) is 4.79 Å². The van der Waals surface area contributed by atoms with Gasteiger partial charge in [-0.25, -0.2) is 4.79 Å². The van der Waals surface area contributed by atoms with E-state index in [1.807, 2.05) is 0 Å². The van der Waals surface area contributed by atoms with Gasteiger partial charge in [-0.05, 0) is 25.8 Å². The summed E-state index contributed by atoms with van der Waals surface area (Å²) in [5, 5.41) is 4.11. The molecule has 0 fully saturated rings. The molecule has 0 N–H and O–H groups in total. The average molecular weight is 148 g/mol. The van der Waals surface area contributed by atoms with E-state index in [1.54, 1.807) is 20.8 Å². The minimum atomic E-state index is -0.538. The first-order valence-electron chi connectivity index (χ1n) is 2.95. The topological polar surface area (TPSA) is 44.8 Å². The van der Waals surface area contributed by atoms with Crippen LogP contribution < -0.4 is 0 Å². The van der Waals surface area contributed by atoms with Crippen LogP contribution in [0.1, 0.15) is 27.7 Å². The molecule has 0 unspecified atom stereocenters. The first kappa shape index (κ1) is 9.39. The van der Waals surface area contributed by atoms with E-state index < -0.39 is 11.6 Å². The lowest BCUT2D eigenvalue weighted by molar-refractivity contribution is -0.514. The summed E-state index contributed by atoms with van der Waals surface area (Å²) in [7, 11) is 0. The molecule has 0 bridgehead atoms. The van der Waals surface area contributed by atoms with Crippen molar-refractivity contribution in [3.05, 3.63) is 0 Å². The van der Waals surface area contributed by atoms with Gasteiger partial charge in [-0.2, -0.15) is 4.89 Å². The summed E-state index contributed by atoms with van der Waals surface area (Å²) in [6, 6.07) is 0. The Morgan fingerprint density at radius 3 is 2.10 bits per heavy atom. The van der Waals surface area contributed by atoms with Crippen molar-refractivity contribution in [3.63, 3.8) is 0 Å². The van der Waals surface area contributed by atoms with Crippen LogP contribution in [0.15, 0.2) is 0 Å².